The summed E-state index contributed by atoms with van der Waals surface area (Å²) in [5.74, 6) is 1.06. The van der Waals surface area contributed by atoms with E-state index in [0.717, 1.165) is 19.3 Å². The molecule has 0 aromatic heterocycles. The number of aliphatic hydroxyl groups excluding tert-OH is 1. The van der Waals surface area contributed by atoms with Gasteiger partial charge < -0.3 is 9.84 Å². The van der Waals surface area contributed by atoms with E-state index in [1.807, 2.05) is 0 Å². The predicted molar refractivity (Wildman–Crippen MR) is 56.2 cm³/mol. The fourth-order valence-electron chi connectivity index (χ4n) is 2.98. The summed E-state index contributed by atoms with van der Waals surface area (Å²) in [5, 5.41) is 8.98. The van der Waals surface area contributed by atoms with E-state index in [-0.39, 0.29) is 18.3 Å². The summed E-state index contributed by atoms with van der Waals surface area (Å²) < 4.78 is 5.22. The molecule has 1 fully saturated rings. The number of methoxy groups -OCH3 is 1. The first-order chi connectivity index (χ1) is 7.29. The van der Waals surface area contributed by atoms with E-state index in [2.05, 4.69) is 0 Å². The average molecular weight is 210 g/mol. The van der Waals surface area contributed by atoms with Crippen LogP contribution in [0, 0.1) is 11.8 Å². The molecule has 3 heteroatoms. The molecule has 0 aliphatic heterocycles. The monoisotopic (exact) mass is 210 g/mol. The van der Waals surface area contributed by atoms with Crippen LogP contribution < -0.4 is 0 Å². The maximum atomic E-state index is 12.0. The number of hydrogen-bond acceptors (Lipinski definition) is 3. The molecule has 0 radical (unpaired) electrons. The highest BCUT2D eigenvalue weighted by molar-refractivity contribution is 5.99. The van der Waals surface area contributed by atoms with Crippen LogP contribution in [0.4, 0.5) is 0 Å². The molecule has 3 nitrogen and oxygen atoms in total. The number of ether oxygens (including phenoxy) is 1. The normalized spacial score (nSPS) is 30.7. The van der Waals surface area contributed by atoms with Crippen molar-refractivity contribution in [3.63, 3.8) is 0 Å². The number of allylic oxidation sites excluding steroid dienone is 2. The van der Waals surface area contributed by atoms with Crippen LogP contribution in [0.25, 0.3) is 0 Å². The van der Waals surface area contributed by atoms with Crippen LogP contribution in [-0.2, 0) is 9.53 Å². The number of fused-ring (bicyclic) bond motifs is 1. The molecule has 2 aliphatic carbocycles. The fraction of sp³-hybridized carbons (Fsp3) is 0.750. The number of hydrogen-bond donors (Lipinski definition) is 1. The Morgan fingerprint density at radius 1 is 1.47 bits per heavy atom. The van der Waals surface area contributed by atoms with Gasteiger partial charge >= 0.3 is 0 Å². The predicted octanol–water partition coefficient (Wildman–Crippen LogP) is 1.66. The van der Waals surface area contributed by atoms with Gasteiger partial charge in [-0.15, -0.1) is 0 Å². The Labute approximate surface area is 90.1 Å². The Balaban J connectivity index is 2.25. The minimum absolute atomic E-state index is 0.0137. The molecule has 15 heavy (non-hydrogen) atoms. The molecule has 0 unspecified atom stereocenters. The van der Waals surface area contributed by atoms with Crippen LogP contribution in [0.1, 0.15) is 32.1 Å². The van der Waals surface area contributed by atoms with Gasteiger partial charge in [0.2, 0.25) is 5.78 Å². The van der Waals surface area contributed by atoms with Crippen LogP contribution >= 0.6 is 0 Å². The van der Waals surface area contributed by atoms with E-state index in [4.69, 9.17) is 9.84 Å². The summed E-state index contributed by atoms with van der Waals surface area (Å²) in [5.41, 5.74) is 1.22. The van der Waals surface area contributed by atoms with Gasteiger partial charge in [-0.25, -0.2) is 0 Å². The third-order valence-corrected chi connectivity index (χ3v) is 3.64. The SMILES string of the molecule is COC1=C2CCCC[C@H]2[C@@H](CCO)C1=O. The average Bonchev–Trinajstić information content (AvgIpc) is 2.53. The quantitative estimate of drug-likeness (QED) is 0.770. The van der Waals surface area contributed by atoms with Crippen molar-refractivity contribution in [1.82, 2.24) is 0 Å². The van der Waals surface area contributed by atoms with Gasteiger partial charge in [-0.05, 0) is 37.2 Å². The highest BCUT2D eigenvalue weighted by atomic mass is 16.5. The standard InChI is InChI=1S/C12H18O3/c1-15-12-10-5-3-2-4-8(10)9(6-7-13)11(12)14/h8-9,13H,2-7H2,1H3/t8-,9+/m0/s1. The maximum absolute atomic E-state index is 12.0. The van der Waals surface area contributed by atoms with Gasteiger partial charge in [0.25, 0.3) is 0 Å². The number of rotatable bonds is 3. The van der Waals surface area contributed by atoms with Gasteiger partial charge in [0.05, 0.1) is 7.11 Å². The molecule has 1 N–H and O–H groups in total. The lowest BCUT2D eigenvalue weighted by atomic mass is 9.79. The molecular formula is C12H18O3. The molecule has 0 aromatic rings. The van der Waals surface area contributed by atoms with Crippen LogP contribution in [0.5, 0.6) is 0 Å². The number of carbonyl (C=O) groups is 1. The minimum Gasteiger partial charge on any atom is -0.493 e. The molecule has 84 valence electrons. The Morgan fingerprint density at radius 2 is 2.27 bits per heavy atom. The largest absolute Gasteiger partial charge is 0.493 e. The van der Waals surface area contributed by atoms with Crippen molar-refractivity contribution in [3.8, 4) is 0 Å². The van der Waals surface area contributed by atoms with Crippen molar-refractivity contribution in [1.29, 1.82) is 0 Å². The lowest BCUT2D eigenvalue weighted by Crippen LogP contribution is -2.21. The summed E-state index contributed by atoms with van der Waals surface area (Å²) in [7, 11) is 1.58. The van der Waals surface area contributed by atoms with Gasteiger partial charge in [0.15, 0.2) is 5.76 Å². The second kappa shape index (κ2) is 4.35. The third-order valence-electron chi connectivity index (χ3n) is 3.64. The molecule has 0 saturated heterocycles. The van der Waals surface area contributed by atoms with Crippen molar-refractivity contribution in [2.24, 2.45) is 11.8 Å². The molecule has 2 atom stereocenters. The zero-order valence-electron chi connectivity index (χ0n) is 9.16. The van der Waals surface area contributed by atoms with Crippen LogP contribution in [0.3, 0.4) is 0 Å². The molecule has 2 aliphatic rings. The Bertz CT molecular complexity index is 293. The molecule has 0 spiro atoms. The maximum Gasteiger partial charge on any atom is 0.201 e. The number of ketones is 1. The van der Waals surface area contributed by atoms with Crippen molar-refractivity contribution in [2.45, 2.75) is 32.1 Å². The van der Waals surface area contributed by atoms with E-state index < -0.39 is 0 Å². The number of aliphatic hydroxyl groups is 1. The molecule has 0 heterocycles. The van der Waals surface area contributed by atoms with Crippen molar-refractivity contribution >= 4 is 5.78 Å². The van der Waals surface area contributed by atoms with E-state index in [1.54, 1.807) is 7.11 Å². The Hall–Kier alpha value is -0.830. The second-order valence-electron chi connectivity index (χ2n) is 4.39. The van der Waals surface area contributed by atoms with Gasteiger partial charge in [0, 0.05) is 12.5 Å². The second-order valence-corrected chi connectivity index (χ2v) is 4.39. The molecule has 1 saturated carbocycles. The first-order valence-electron chi connectivity index (χ1n) is 5.71. The fourth-order valence-corrected chi connectivity index (χ4v) is 2.98. The summed E-state index contributed by atoms with van der Waals surface area (Å²) >= 11 is 0. The Morgan fingerprint density at radius 3 is 2.93 bits per heavy atom. The summed E-state index contributed by atoms with van der Waals surface area (Å²) in [4.78, 5) is 12.0. The van der Waals surface area contributed by atoms with Crippen LogP contribution in [0.2, 0.25) is 0 Å². The molecule has 0 bridgehead atoms. The lowest BCUT2D eigenvalue weighted by molar-refractivity contribution is -0.122. The topological polar surface area (TPSA) is 46.5 Å². The first kappa shape index (κ1) is 10.7. The van der Waals surface area contributed by atoms with Gasteiger partial charge in [-0.3, -0.25) is 4.79 Å². The highest BCUT2D eigenvalue weighted by Gasteiger charge is 2.42. The lowest BCUT2D eigenvalue weighted by Gasteiger charge is -2.24. The smallest absolute Gasteiger partial charge is 0.201 e. The van der Waals surface area contributed by atoms with E-state index in [0.29, 0.717) is 18.1 Å². The van der Waals surface area contributed by atoms with Gasteiger partial charge in [0.1, 0.15) is 0 Å². The minimum atomic E-state index is -0.0137. The molecule has 0 amide bonds. The van der Waals surface area contributed by atoms with E-state index in [1.165, 1.54) is 12.0 Å². The van der Waals surface area contributed by atoms with Crippen LogP contribution in [0.15, 0.2) is 11.3 Å². The molecule has 0 aromatic carbocycles. The highest BCUT2D eigenvalue weighted by Crippen LogP contribution is 2.44. The van der Waals surface area contributed by atoms with Crippen molar-refractivity contribution in [3.05, 3.63) is 11.3 Å². The van der Waals surface area contributed by atoms with E-state index in [9.17, 15) is 4.79 Å². The third kappa shape index (κ3) is 1.69. The Kier molecular flexibility index (Phi) is 3.10. The first-order valence-corrected chi connectivity index (χ1v) is 5.71. The number of carbonyl (C=O) groups excluding carboxylic acids is 1. The van der Waals surface area contributed by atoms with E-state index >= 15 is 0 Å². The van der Waals surface area contributed by atoms with Crippen molar-refractivity contribution in [2.75, 3.05) is 13.7 Å². The number of Topliss-reactive ketones (excluding diaryl/α,β-unsaturated/α-hetero) is 1. The molecular weight excluding hydrogens is 192 g/mol. The molecule has 2 rings (SSSR count). The van der Waals surface area contributed by atoms with Crippen molar-refractivity contribution < 1.29 is 14.6 Å². The van der Waals surface area contributed by atoms with Gasteiger partial charge in [-0.1, -0.05) is 6.42 Å². The summed E-state index contributed by atoms with van der Waals surface area (Å²) in [6.45, 7) is 0.0944. The summed E-state index contributed by atoms with van der Waals surface area (Å²) in [6, 6.07) is 0. The van der Waals surface area contributed by atoms with Gasteiger partial charge in [-0.2, -0.15) is 0 Å². The zero-order valence-corrected chi connectivity index (χ0v) is 9.16. The zero-order chi connectivity index (χ0) is 10.8. The van der Waals surface area contributed by atoms with Crippen LogP contribution in [-0.4, -0.2) is 24.6 Å². The summed E-state index contributed by atoms with van der Waals surface area (Å²) in [6.07, 6.45) is 5.03.